The molecular weight excluding hydrogens is 320 g/mol. The van der Waals surface area contributed by atoms with E-state index in [2.05, 4.69) is 31.5 Å². The van der Waals surface area contributed by atoms with Crippen molar-refractivity contribution >= 4 is 27.4 Å². The molecule has 2 aromatic rings. The zero-order valence-electron chi connectivity index (χ0n) is 10.8. The summed E-state index contributed by atoms with van der Waals surface area (Å²) in [6.07, 6.45) is 6.92. The number of aromatic nitrogens is 2. The van der Waals surface area contributed by atoms with Crippen LogP contribution in [0, 0.1) is 0 Å². The van der Waals surface area contributed by atoms with Gasteiger partial charge in [0, 0.05) is 24.3 Å². The molecule has 2 bridgehead atoms. The second-order valence-electron chi connectivity index (χ2n) is 5.59. The number of hydrogen-bond acceptors (Lipinski definition) is 3. The van der Waals surface area contributed by atoms with E-state index >= 15 is 0 Å². The van der Waals surface area contributed by atoms with Crippen molar-refractivity contribution in [2.45, 2.75) is 37.4 Å². The summed E-state index contributed by atoms with van der Waals surface area (Å²) in [4.78, 5) is 16.6. The van der Waals surface area contributed by atoms with Crippen LogP contribution >= 0.6 is 15.9 Å². The van der Waals surface area contributed by atoms with E-state index in [0.717, 1.165) is 23.0 Å². The zero-order valence-corrected chi connectivity index (χ0v) is 12.4. The fourth-order valence-corrected chi connectivity index (χ4v) is 3.75. The van der Waals surface area contributed by atoms with E-state index in [0.29, 0.717) is 17.8 Å². The van der Waals surface area contributed by atoms with Crippen LogP contribution in [-0.4, -0.2) is 33.4 Å². The van der Waals surface area contributed by atoms with Crippen molar-refractivity contribution < 1.29 is 4.79 Å². The third-order valence-corrected chi connectivity index (χ3v) is 4.98. The topological polar surface area (TPSA) is 58.4 Å². The third kappa shape index (κ3) is 1.94. The Morgan fingerprint density at radius 3 is 3.10 bits per heavy atom. The molecule has 4 rings (SSSR count). The molecule has 0 saturated carbocycles. The monoisotopic (exact) mass is 334 g/mol. The first-order valence-electron chi connectivity index (χ1n) is 6.90. The van der Waals surface area contributed by atoms with E-state index in [-0.39, 0.29) is 11.9 Å². The average Bonchev–Trinajstić information content (AvgIpc) is 3.15. The van der Waals surface area contributed by atoms with Crippen LogP contribution in [0.4, 0.5) is 0 Å². The maximum absolute atomic E-state index is 12.3. The molecule has 4 heterocycles. The van der Waals surface area contributed by atoms with Crippen molar-refractivity contribution in [2.24, 2.45) is 0 Å². The molecule has 0 unspecified atom stereocenters. The molecule has 1 amide bonds. The van der Waals surface area contributed by atoms with Crippen LogP contribution < -0.4 is 10.6 Å². The minimum Gasteiger partial charge on any atom is -0.346 e. The molecule has 0 radical (unpaired) electrons. The van der Waals surface area contributed by atoms with Gasteiger partial charge in [-0.25, -0.2) is 4.98 Å². The lowest BCUT2D eigenvalue weighted by molar-refractivity contribution is 0.0925. The van der Waals surface area contributed by atoms with Gasteiger partial charge in [-0.1, -0.05) is 0 Å². The van der Waals surface area contributed by atoms with Crippen LogP contribution in [-0.2, 0) is 0 Å². The largest absolute Gasteiger partial charge is 0.346 e. The van der Waals surface area contributed by atoms with E-state index in [1.54, 1.807) is 12.4 Å². The Bertz CT molecular complexity index is 683. The Hall–Kier alpha value is -1.40. The van der Waals surface area contributed by atoms with E-state index in [1.807, 2.05) is 16.5 Å². The van der Waals surface area contributed by atoms with E-state index in [9.17, 15) is 4.79 Å². The summed E-state index contributed by atoms with van der Waals surface area (Å²) in [5.41, 5.74) is 1.42. The highest BCUT2D eigenvalue weighted by Gasteiger charge is 2.39. The van der Waals surface area contributed by atoms with Gasteiger partial charge in [0.2, 0.25) is 0 Å². The number of halogens is 1. The molecule has 2 aliphatic rings. The molecule has 104 valence electrons. The van der Waals surface area contributed by atoms with Crippen molar-refractivity contribution in [3.63, 3.8) is 0 Å². The van der Waals surface area contributed by atoms with Crippen molar-refractivity contribution in [1.29, 1.82) is 0 Å². The van der Waals surface area contributed by atoms with Crippen LogP contribution in [0.1, 0.15) is 29.8 Å². The van der Waals surface area contributed by atoms with Gasteiger partial charge >= 0.3 is 0 Å². The zero-order chi connectivity index (χ0) is 13.7. The number of amides is 1. The second-order valence-corrected chi connectivity index (χ2v) is 6.40. The molecule has 0 aliphatic carbocycles. The van der Waals surface area contributed by atoms with Crippen LogP contribution in [0.5, 0.6) is 0 Å². The molecule has 0 spiro atoms. The number of fused-ring (bicyclic) bond motifs is 3. The first-order chi connectivity index (χ1) is 9.70. The summed E-state index contributed by atoms with van der Waals surface area (Å²) < 4.78 is 2.84. The van der Waals surface area contributed by atoms with Crippen molar-refractivity contribution in [3.8, 4) is 0 Å². The second kappa shape index (κ2) is 4.56. The smallest absolute Gasteiger partial charge is 0.271 e. The molecule has 5 nitrogen and oxygen atoms in total. The SMILES string of the molecule is O=C(N[C@@H]1C[C@H]2CC[C@@H]1N2)c1cn2c(Br)ccc2cn1. The standard InChI is InChI=1S/C14H15BrN4O/c15-13-4-2-9-6-16-12(7-19(9)13)14(20)18-11-5-8-1-3-10(11)17-8/h2,4,6-8,10-11,17H,1,3,5H2,(H,18,20)/t8-,10+,11-/m1/s1. The number of carbonyl (C=O) groups is 1. The van der Waals surface area contributed by atoms with Crippen molar-refractivity contribution in [1.82, 2.24) is 20.0 Å². The lowest BCUT2D eigenvalue weighted by Gasteiger charge is -2.21. The molecular formula is C14H15BrN4O. The maximum atomic E-state index is 12.3. The van der Waals surface area contributed by atoms with Gasteiger partial charge in [-0.15, -0.1) is 0 Å². The Kier molecular flexibility index (Phi) is 2.82. The van der Waals surface area contributed by atoms with Crippen LogP contribution in [0.25, 0.3) is 5.52 Å². The number of carbonyl (C=O) groups excluding carboxylic acids is 1. The van der Waals surface area contributed by atoms with E-state index in [1.165, 1.54) is 6.42 Å². The number of nitrogens with one attached hydrogen (secondary N) is 2. The summed E-state index contributed by atoms with van der Waals surface area (Å²) in [5, 5.41) is 6.63. The summed E-state index contributed by atoms with van der Waals surface area (Å²) in [5.74, 6) is -0.0909. The highest BCUT2D eigenvalue weighted by Crippen LogP contribution is 2.28. The Morgan fingerprint density at radius 2 is 2.35 bits per heavy atom. The van der Waals surface area contributed by atoms with Crippen LogP contribution in [0.3, 0.4) is 0 Å². The number of nitrogens with zero attached hydrogens (tertiary/aromatic N) is 2. The average molecular weight is 335 g/mol. The highest BCUT2D eigenvalue weighted by atomic mass is 79.9. The number of hydrogen-bond donors (Lipinski definition) is 2. The Morgan fingerprint density at radius 1 is 1.45 bits per heavy atom. The van der Waals surface area contributed by atoms with Gasteiger partial charge < -0.3 is 15.0 Å². The predicted octanol–water partition coefficient (Wildman–Crippen LogP) is 1.72. The third-order valence-electron chi connectivity index (χ3n) is 4.34. The van der Waals surface area contributed by atoms with Gasteiger partial charge in [0.25, 0.3) is 5.91 Å². The normalized spacial score (nSPS) is 28.1. The first kappa shape index (κ1) is 12.3. The summed E-state index contributed by atoms with van der Waals surface area (Å²) in [6.45, 7) is 0. The lowest BCUT2D eigenvalue weighted by Crippen LogP contribution is -2.43. The van der Waals surface area contributed by atoms with E-state index < -0.39 is 0 Å². The fraction of sp³-hybridized carbons (Fsp3) is 0.429. The molecule has 6 heteroatoms. The van der Waals surface area contributed by atoms with Gasteiger partial charge in [0.05, 0.1) is 16.3 Å². The Labute approximate surface area is 124 Å². The first-order valence-corrected chi connectivity index (χ1v) is 7.69. The van der Waals surface area contributed by atoms with Gasteiger partial charge in [-0.2, -0.15) is 0 Å². The maximum Gasteiger partial charge on any atom is 0.271 e. The Balaban J connectivity index is 1.56. The molecule has 2 aromatic heterocycles. The molecule has 0 aromatic carbocycles. The van der Waals surface area contributed by atoms with Gasteiger partial charge in [-0.3, -0.25) is 4.79 Å². The molecule has 2 N–H and O–H groups in total. The summed E-state index contributed by atoms with van der Waals surface area (Å²) >= 11 is 3.46. The van der Waals surface area contributed by atoms with Crippen molar-refractivity contribution in [2.75, 3.05) is 0 Å². The molecule has 3 atom stereocenters. The van der Waals surface area contributed by atoms with Gasteiger partial charge in [0.1, 0.15) is 5.69 Å². The fourth-order valence-electron chi connectivity index (χ4n) is 3.31. The van der Waals surface area contributed by atoms with Gasteiger partial charge in [0.15, 0.2) is 0 Å². The molecule has 2 saturated heterocycles. The lowest BCUT2D eigenvalue weighted by atomic mass is 9.95. The quantitative estimate of drug-likeness (QED) is 0.879. The van der Waals surface area contributed by atoms with Crippen LogP contribution in [0.2, 0.25) is 0 Å². The van der Waals surface area contributed by atoms with Gasteiger partial charge in [-0.05, 0) is 47.3 Å². The predicted molar refractivity (Wildman–Crippen MR) is 78.7 cm³/mol. The minimum atomic E-state index is -0.0909. The highest BCUT2D eigenvalue weighted by molar-refractivity contribution is 9.10. The summed E-state index contributed by atoms with van der Waals surface area (Å²) in [6, 6.07) is 5.16. The minimum absolute atomic E-state index is 0.0909. The van der Waals surface area contributed by atoms with E-state index in [4.69, 9.17) is 0 Å². The van der Waals surface area contributed by atoms with Crippen LogP contribution in [0.15, 0.2) is 29.1 Å². The number of rotatable bonds is 2. The van der Waals surface area contributed by atoms with Crippen molar-refractivity contribution in [3.05, 3.63) is 34.8 Å². The molecule has 2 aliphatic heterocycles. The molecule has 20 heavy (non-hydrogen) atoms. The molecule has 2 fully saturated rings. The summed E-state index contributed by atoms with van der Waals surface area (Å²) in [7, 11) is 0.